The van der Waals surface area contributed by atoms with Crippen molar-refractivity contribution in [3.8, 4) is 11.3 Å². The molecule has 3 aromatic heterocycles. The second kappa shape index (κ2) is 7.53. The van der Waals surface area contributed by atoms with Crippen molar-refractivity contribution in [1.82, 2.24) is 29.8 Å². The third-order valence-electron chi connectivity index (χ3n) is 5.27. The maximum atomic E-state index is 12.7. The summed E-state index contributed by atoms with van der Waals surface area (Å²) in [5.74, 6) is 1.19. The number of aryl methyl sites for hydroxylation is 3. The Morgan fingerprint density at radius 3 is 2.89 bits per heavy atom. The first-order valence-corrected chi connectivity index (χ1v) is 9.53. The molecular formula is C20H24N6O2. The number of carbonyl (C=O) groups is 1. The topological polar surface area (TPSA) is 89.9 Å². The van der Waals surface area contributed by atoms with Gasteiger partial charge in [-0.3, -0.25) is 9.48 Å². The van der Waals surface area contributed by atoms with Gasteiger partial charge in [0.15, 0.2) is 0 Å². The number of likely N-dealkylation sites (tertiary alicyclic amines) is 1. The van der Waals surface area contributed by atoms with E-state index >= 15 is 0 Å². The second-order valence-corrected chi connectivity index (χ2v) is 7.46. The molecular weight excluding hydrogens is 356 g/mol. The largest absolute Gasteiger partial charge is 0.361 e. The zero-order valence-corrected chi connectivity index (χ0v) is 16.4. The van der Waals surface area contributed by atoms with Gasteiger partial charge in [-0.1, -0.05) is 5.16 Å². The Hall–Kier alpha value is -3.03. The van der Waals surface area contributed by atoms with Crippen LogP contribution in [0.15, 0.2) is 29.3 Å². The minimum atomic E-state index is 0.0527. The fourth-order valence-electron chi connectivity index (χ4n) is 3.92. The van der Waals surface area contributed by atoms with E-state index in [0.717, 1.165) is 60.8 Å². The standard InChI is InChI=1S/C20H24N6O2/c1-13-19(14(2)28-24-13)18-8-17(21-12-22-18)7-15-5-4-6-26(10-15)20(27)16-9-23-25(3)11-16/h8-9,11-12,15H,4-7,10H2,1-3H3. The van der Waals surface area contributed by atoms with Gasteiger partial charge in [0.1, 0.15) is 12.1 Å². The average molecular weight is 380 g/mol. The first kappa shape index (κ1) is 18.3. The summed E-state index contributed by atoms with van der Waals surface area (Å²) in [6.07, 6.45) is 7.89. The summed E-state index contributed by atoms with van der Waals surface area (Å²) in [7, 11) is 1.82. The number of hydrogen-bond acceptors (Lipinski definition) is 6. The van der Waals surface area contributed by atoms with Gasteiger partial charge in [0, 0.05) is 32.0 Å². The minimum Gasteiger partial charge on any atom is -0.361 e. The summed E-state index contributed by atoms with van der Waals surface area (Å²) in [6.45, 7) is 5.33. The van der Waals surface area contributed by atoms with Crippen LogP contribution in [0.5, 0.6) is 0 Å². The van der Waals surface area contributed by atoms with E-state index in [1.807, 2.05) is 31.9 Å². The van der Waals surface area contributed by atoms with Crippen molar-refractivity contribution in [1.29, 1.82) is 0 Å². The summed E-state index contributed by atoms with van der Waals surface area (Å²) in [4.78, 5) is 23.5. The van der Waals surface area contributed by atoms with Crippen molar-refractivity contribution in [2.75, 3.05) is 13.1 Å². The first-order valence-electron chi connectivity index (χ1n) is 9.53. The van der Waals surface area contributed by atoms with Gasteiger partial charge in [0.05, 0.1) is 28.7 Å². The first-order chi connectivity index (χ1) is 13.5. The van der Waals surface area contributed by atoms with Gasteiger partial charge in [-0.2, -0.15) is 5.10 Å². The number of hydrogen-bond donors (Lipinski definition) is 0. The van der Waals surface area contributed by atoms with Crippen LogP contribution in [-0.4, -0.2) is 48.8 Å². The minimum absolute atomic E-state index is 0.0527. The third kappa shape index (κ3) is 3.67. The molecule has 8 nitrogen and oxygen atoms in total. The number of carbonyl (C=O) groups excluding carboxylic acids is 1. The molecule has 8 heteroatoms. The highest BCUT2D eigenvalue weighted by atomic mass is 16.5. The quantitative estimate of drug-likeness (QED) is 0.691. The zero-order chi connectivity index (χ0) is 19.7. The van der Waals surface area contributed by atoms with E-state index in [-0.39, 0.29) is 5.91 Å². The predicted octanol–water partition coefficient (Wildman–Crippen LogP) is 2.58. The van der Waals surface area contributed by atoms with Crippen molar-refractivity contribution < 1.29 is 9.32 Å². The molecule has 0 radical (unpaired) electrons. The molecule has 1 atom stereocenters. The molecule has 1 fully saturated rings. The maximum Gasteiger partial charge on any atom is 0.257 e. The molecule has 0 spiro atoms. The van der Waals surface area contributed by atoms with E-state index in [1.165, 1.54) is 0 Å². The third-order valence-corrected chi connectivity index (χ3v) is 5.27. The Balaban J connectivity index is 1.47. The lowest BCUT2D eigenvalue weighted by molar-refractivity contribution is 0.0672. The molecule has 4 heterocycles. The SMILES string of the molecule is Cc1noc(C)c1-c1cc(CC2CCCN(C(=O)c3cnn(C)c3)C2)ncn1. The Morgan fingerprint density at radius 1 is 1.32 bits per heavy atom. The van der Waals surface area contributed by atoms with Gasteiger partial charge in [-0.15, -0.1) is 0 Å². The Bertz CT molecular complexity index is 973. The molecule has 1 unspecified atom stereocenters. The molecule has 0 bridgehead atoms. The Morgan fingerprint density at radius 2 is 2.18 bits per heavy atom. The van der Waals surface area contributed by atoms with Gasteiger partial charge < -0.3 is 9.42 Å². The second-order valence-electron chi connectivity index (χ2n) is 7.46. The van der Waals surface area contributed by atoms with Crippen molar-refractivity contribution in [2.45, 2.75) is 33.1 Å². The van der Waals surface area contributed by atoms with Crippen molar-refractivity contribution in [2.24, 2.45) is 13.0 Å². The van der Waals surface area contributed by atoms with Gasteiger partial charge in [0.2, 0.25) is 0 Å². The van der Waals surface area contributed by atoms with Crippen LogP contribution in [0.1, 0.15) is 40.3 Å². The van der Waals surface area contributed by atoms with Crippen LogP contribution in [0.3, 0.4) is 0 Å². The molecule has 0 aromatic carbocycles. The summed E-state index contributed by atoms with van der Waals surface area (Å²) in [5.41, 5.74) is 4.21. The van der Waals surface area contributed by atoms with Crippen LogP contribution < -0.4 is 0 Å². The summed E-state index contributed by atoms with van der Waals surface area (Å²) >= 11 is 0. The number of piperidine rings is 1. The highest BCUT2D eigenvalue weighted by Crippen LogP contribution is 2.27. The molecule has 0 N–H and O–H groups in total. The van der Waals surface area contributed by atoms with Crippen molar-refractivity contribution in [3.05, 3.63) is 47.5 Å². The monoisotopic (exact) mass is 380 g/mol. The fraction of sp³-hybridized carbons (Fsp3) is 0.450. The van der Waals surface area contributed by atoms with Crippen LogP contribution in [0.4, 0.5) is 0 Å². The normalized spacial score (nSPS) is 17.1. The molecule has 146 valence electrons. The average Bonchev–Trinajstić information content (AvgIpc) is 3.27. The molecule has 28 heavy (non-hydrogen) atoms. The molecule has 0 aliphatic carbocycles. The molecule has 1 saturated heterocycles. The molecule has 1 aliphatic heterocycles. The Labute approximate surface area is 163 Å². The Kier molecular flexibility index (Phi) is 4.93. The van der Waals surface area contributed by atoms with E-state index in [0.29, 0.717) is 11.5 Å². The molecule has 4 rings (SSSR count). The van der Waals surface area contributed by atoms with E-state index < -0.39 is 0 Å². The van der Waals surface area contributed by atoms with Crippen LogP contribution in [-0.2, 0) is 13.5 Å². The van der Waals surface area contributed by atoms with Crippen LogP contribution >= 0.6 is 0 Å². The van der Waals surface area contributed by atoms with Gasteiger partial charge in [-0.05, 0) is 45.1 Å². The number of rotatable bonds is 4. The number of aromatic nitrogens is 5. The summed E-state index contributed by atoms with van der Waals surface area (Å²) in [5, 5.41) is 8.12. The lowest BCUT2D eigenvalue weighted by Gasteiger charge is -2.32. The van der Waals surface area contributed by atoms with E-state index in [2.05, 4.69) is 20.2 Å². The van der Waals surface area contributed by atoms with Gasteiger partial charge >= 0.3 is 0 Å². The van der Waals surface area contributed by atoms with Crippen LogP contribution in [0.2, 0.25) is 0 Å². The lowest BCUT2D eigenvalue weighted by atomic mass is 9.92. The van der Waals surface area contributed by atoms with E-state index in [9.17, 15) is 4.79 Å². The van der Waals surface area contributed by atoms with Crippen molar-refractivity contribution >= 4 is 5.91 Å². The summed E-state index contributed by atoms with van der Waals surface area (Å²) < 4.78 is 6.92. The van der Waals surface area contributed by atoms with E-state index in [4.69, 9.17) is 4.52 Å². The molecule has 1 aliphatic rings. The highest BCUT2D eigenvalue weighted by Gasteiger charge is 2.26. The fourth-order valence-corrected chi connectivity index (χ4v) is 3.92. The highest BCUT2D eigenvalue weighted by molar-refractivity contribution is 5.93. The molecule has 0 saturated carbocycles. The van der Waals surface area contributed by atoms with Gasteiger partial charge in [-0.25, -0.2) is 9.97 Å². The van der Waals surface area contributed by atoms with Crippen LogP contribution in [0, 0.1) is 19.8 Å². The maximum absolute atomic E-state index is 12.7. The van der Waals surface area contributed by atoms with Gasteiger partial charge in [0.25, 0.3) is 5.91 Å². The zero-order valence-electron chi connectivity index (χ0n) is 16.4. The smallest absolute Gasteiger partial charge is 0.257 e. The molecule has 3 aromatic rings. The number of amides is 1. The van der Waals surface area contributed by atoms with Crippen molar-refractivity contribution in [3.63, 3.8) is 0 Å². The van der Waals surface area contributed by atoms with Crippen LogP contribution in [0.25, 0.3) is 11.3 Å². The lowest BCUT2D eigenvalue weighted by Crippen LogP contribution is -2.40. The van der Waals surface area contributed by atoms with E-state index in [1.54, 1.807) is 23.4 Å². The summed E-state index contributed by atoms with van der Waals surface area (Å²) in [6, 6.07) is 2.01. The number of nitrogens with zero attached hydrogens (tertiary/aromatic N) is 6. The molecule has 1 amide bonds. The predicted molar refractivity (Wildman–Crippen MR) is 103 cm³/mol.